The molecule has 2 atom stereocenters. The van der Waals surface area contributed by atoms with Crippen molar-refractivity contribution in [1.29, 1.82) is 0 Å². The number of hydrogen-bond acceptors (Lipinski definition) is 4. The van der Waals surface area contributed by atoms with E-state index in [0.29, 0.717) is 5.11 Å². The Hall–Kier alpha value is -4.04. The second kappa shape index (κ2) is 9.22. The first-order valence-electron chi connectivity index (χ1n) is 10.6. The van der Waals surface area contributed by atoms with Gasteiger partial charge in [-0.05, 0) is 60.7 Å². The lowest BCUT2D eigenvalue weighted by Crippen LogP contribution is -2.37. The molecule has 1 amide bonds. The van der Waals surface area contributed by atoms with Crippen molar-refractivity contribution in [3.05, 3.63) is 109 Å². The van der Waals surface area contributed by atoms with Crippen molar-refractivity contribution in [2.75, 3.05) is 11.9 Å². The summed E-state index contributed by atoms with van der Waals surface area (Å²) in [6.07, 6.45) is 7.30. The average Bonchev–Trinajstić information content (AvgIpc) is 3.45. The van der Waals surface area contributed by atoms with Crippen LogP contribution >= 0.6 is 12.2 Å². The molecule has 1 aromatic carbocycles. The molecular formula is C25H22N6OS. The minimum absolute atomic E-state index is 0.107. The normalized spacial score (nSPS) is 17.6. The number of benzene rings is 1. The Kier molecular flexibility index (Phi) is 5.82. The summed E-state index contributed by atoms with van der Waals surface area (Å²) >= 11 is 5.70. The Morgan fingerprint density at radius 2 is 1.76 bits per heavy atom. The van der Waals surface area contributed by atoms with E-state index in [9.17, 15) is 4.79 Å². The Bertz CT molecular complexity index is 1250. The first-order chi connectivity index (χ1) is 16.2. The topological polar surface area (TPSA) is 75.1 Å². The number of nitrogens with zero attached hydrogens (tertiary/aromatic N) is 4. The highest BCUT2D eigenvalue weighted by Gasteiger charge is 2.42. The van der Waals surface area contributed by atoms with Gasteiger partial charge in [-0.1, -0.05) is 24.3 Å². The molecule has 1 aliphatic heterocycles. The minimum Gasteiger partial charge on any atom is -0.352 e. The lowest BCUT2D eigenvalue weighted by molar-refractivity contribution is -0.116. The zero-order valence-electron chi connectivity index (χ0n) is 17.7. The number of pyridine rings is 2. The monoisotopic (exact) mass is 454 g/mol. The quantitative estimate of drug-likeness (QED) is 0.431. The van der Waals surface area contributed by atoms with Crippen LogP contribution in [-0.4, -0.2) is 37.0 Å². The van der Waals surface area contributed by atoms with E-state index in [4.69, 9.17) is 12.2 Å². The number of aromatic nitrogens is 3. The molecule has 8 heteroatoms. The zero-order valence-corrected chi connectivity index (χ0v) is 18.5. The number of carbonyl (C=O) groups excluding carboxylic acids is 1. The lowest BCUT2D eigenvalue weighted by atomic mass is 10.0. The maximum Gasteiger partial charge on any atom is 0.244 e. The first kappa shape index (κ1) is 20.8. The van der Waals surface area contributed by atoms with Gasteiger partial charge in [0.25, 0.3) is 0 Å². The van der Waals surface area contributed by atoms with Crippen molar-refractivity contribution in [2.24, 2.45) is 0 Å². The van der Waals surface area contributed by atoms with Crippen LogP contribution in [0.25, 0.3) is 5.69 Å². The standard InChI is InChI=1S/C25H22N6OS/c32-22(28-18-7-2-1-3-8-18)17-31-24(23(29-25(31)33)20-9-4-5-13-27-20)21-10-6-16-30(21)19-11-14-26-15-12-19/h1-16,23-24H,17H2,(H,28,32)(H,29,33)/t23-,24-/m1/s1. The summed E-state index contributed by atoms with van der Waals surface area (Å²) in [4.78, 5) is 23.6. The molecule has 7 nitrogen and oxygen atoms in total. The number of hydrogen-bond donors (Lipinski definition) is 2. The smallest absolute Gasteiger partial charge is 0.244 e. The van der Waals surface area contributed by atoms with Crippen LogP contribution in [0, 0.1) is 0 Å². The van der Waals surface area contributed by atoms with Crippen LogP contribution in [0.2, 0.25) is 0 Å². The van der Waals surface area contributed by atoms with Crippen LogP contribution in [0.1, 0.15) is 23.5 Å². The lowest BCUT2D eigenvalue weighted by Gasteiger charge is -2.28. The Morgan fingerprint density at radius 3 is 2.52 bits per heavy atom. The Morgan fingerprint density at radius 1 is 0.970 bits per heavy atom. The average molecular weight is 455 g/mol. The molecule has 0 bridgehead atoms. The SMILES string of the molecule is O=C(CN1C(=S)N[C@H](c2ccccn2)[C@H]1c1cccn1-c1ccncc1)Nc1ccccc1. The molecule has 0 aliphatic carbocycles. The molecule has 1 fully saturated rings. The third kappa shape index (κ3) is 4.33. The van der Waals surface area contributed by atoms with Crippen LogP contribution in [0.4, 0.5) is 5.69 Å². The van der Waals surface area contributed by atoms with Crippen LogP contribution in [-0.2, 0) is 4.79 Å². The number of anilines is 1. The molecule has 164 valence electrons. The van der Waals surface area contributed by atoms with E-state index in [1.165, 1.54) is 0 Å². The molecular weight excluding hydrogens is 432 g/mol. The van der Waals surface area contributed by atoms with E-state index < -0.39 is 0 Å². The predicted molar refractivity (Wildman–Crippen MR) is 131 cm³/mol. The number of thiocarbonyl (C=S) groups is 1. The van der Waals surface area contributed by atoms with Gasteiger partial charge < -0.3 is 20.1 Å². The Balaban J connectivity index is 1.51. The van der Waals surface area contributed by atoms with Gasteiger partial charge in [0, 0.05) is 41.9 Å². The summed E-state index contributed by atoms with van der Waals surface area (Å²) in [6, 6.07) is 22.7. The molecule has 1 saturated heterocycles. The summed E-state index contributed by atoms with van der Waals surface area (Å²) in [6.45, 7) is 0.107. The zero-order chi connectivity index (χ0) is 22.6. The van der Waals surface area contributed by atoms with Crippen LogP contribution in [0.3, 0.4) is 0 Å². The van der Waals surface area contributed by atoms with Crippen LogP contribution < -0.4 is 10.6 Å². The molecule has 0 saturated carbocycles. The van der Waals surface area contributed by atoms with Gasteiger partial charge in [-0.15, -0.1) is 0 Å². The van der Waals surface area contributed by atoms with Gasteiger partial charge in [-0.25, -0.2) is 0 Å². The Labute approximate surface area is 197 Å². The van der Waals surface area contributed by atoms with Crippen molar-refractivity contribution in [1.82, 2.24) is 24.8 Å². The molecule has 2 N–H and O–H groups in total. The fourth-order valence-electron chi connectivity index (χ4n) is 4.15. The fraction of sp³-hybridized carbons (Fsp3) is 0.120. The summed E-state index contributed by atoms with van der Waals surface area (Å²) in [5.74, 6) is -0.140. The molecule has 0 radical (unpaired) electrons. The number of nitrogens with one attached hydrogen (secondary N) is 2. The van der Waals surface area contributed by atoms with Crippen LogP contribution in [0.5, 0.6) is 0 Å². The highest BCUT2D eigenvalue weighted by Crippen LogP contribution is 2.39. The summed E-state index contributed by atoms with van der Waals surface area (Å²) in [5.41, 5.74) is 3.59. The van der Waals surface area contributed by atoms with E-state index in [-0.39, 0.29) is 24.5 Å². The van der Waals surface area contributed by atoms with E-state index in [2.05, 4.69) is 31.2 Å². The van der Waals surface area contributed by atoms with E-state index in [0.717, 1.165) is 22.8 Å². The molecule has 33 heavy (non-hydrogen) atoms. The van der Waals surface area contributed by atoms with Crippen molar-refractivity contribution >= 4 is 28.9 Å². The predicted octanol–water partition coefficient (Wildman–Crippen LogP) is 3.88. The third-order valence-corrected chi connectivity index (χ3v) is 5.95. The number of para-hydroxylation sites is 1. The van der Waals surface area contributed by atoms with Gasteiger partial charge in [0.15, 0.2) is 5.11 Å². The van der Waals surface area contributed by atoms with Crippen LogP contribution in [0.15, 0.2) is 97.6 Å². The minimum atomic E-state index is -0.239. The van der Waals surface area contributed by atoms with E-state index in [1.807, 2.05) is 77.8 Å². The van der Waals surface area contributed by atoms with Gasteiger partial charge >= 0.3 is 0 Å². The number of carbonyl (C=O) groups is 1. The van der Waals surface area contributed by atoms with Crippen molar-refractivity contribution in [2.45, 2.75) is 12.1 Å². The molecule has 4 heterocycles. The van der Waals surface area contributed by atoms with Gasteiger partial charge in [0.05, 0.1) is 17.8 Å². The number of rotatable bonds is 6. The summed E-state index contributed by atoms with van der Waals surface area (Å²) < 4.78 is 2.10. The second-order valence-corrected chi connectivity index (χ2v) is 8.06. The molecule has 1 aliphatic rings. The second-order valence-electron chi connectivity index (χ2n) is 7.68. The third-order valence-electron chi connectivity index (χ3n) is 5.59. The largest absolute Gasteiger partial charge is 0.352 e. The summed E-state index contributed by atoms with van der Waals surface area (Å²) in [7, 11) is 0. The van der Waals surface area contributed by atoms with Gasteiger partial charge in [-0.3, -0.25) is 14.8 Å². The van der Waals surface area contributed by atoms with E-state index in [1.54, 1.807) is 18.6 Å². The van der Waals surface area contributed by atoms with E-state index >= 15 is 0 Å². The maximum absolute atomic E-state index is 13.0. The highest BCUT2D eigenvalue weighted by atomic mass is 32.1. The molecule has 0 spiro atoms. The molecule has 4 aromatic rings. The first-order valence-corrected chi connectivity index (χ1v) is 11.0. The molecule has 5 rings (SSSR count). The van der Waals surface area contributed by atoms with Crippen molar-refractivity contribution in [3.63, 3.8) is 0 Å². The fourth-order valence-corrected chi connectivity index (χ4v) is 4.45. The van der Waals surface area contributed by atoms with Crippen molar-refractivity contribution in [3.8, 4) is 5.69 Å². The van der Waals surface area contributed by atoms with Crippen molar-refractivity contribution < 1.29 is 4.79 Å². The van der Waals surface area contributed by atoms with Gasteiger partial charge in [-0.2, -0.15) is 0 Å². The van der Waals surface area contributed by atoms with Gasteiger partial charge in [0.2, 0.25) is 5.91 Å². The van der Waals surface area contributed by atoms with Gasteiger partial charge in [0.1, 0.15) is 6.54 Å². The maximum atomic E-state index is 13.0. The highest BCUT2D eigenvalue weighted by molar-refractivity contribution is 7.80. The molecule has 3 aromatic heterocycles. The molecule has 0 unspecified atom stereocenters. The summed E-state index contributed by atoms with van der Waals surface area (Å²) in [5, 5.41) is 6.87. The number of amides is 1.